The lowest BCUT2D eigenvalue weighted by molar-refractivity contribution is 0.101. The van der Waals surface area contributed by atoms with Gasteiger partial charge in [0.1, 0.15) is 5.75 Å². The summed E-state index contributed by atoms with van der Waals surface area (Å²) in [6, 6.07) is 13.0. The van der Waals surface area contributed by atoms with E-state index in [1.54, 1.807) is 18.2 Å². The van der Waals surface area contributed by atoms with Crippen molar-refractivity contribution in [1.82, 2.24) is 5.16 Å². The molecule has 0 aliphatic heterocycles. The van der Waals surface area contributed by atoms with Crippen LogP contribution < -0.4 is 5.32 Å². The number of rotatable bonds is 2. The molecule has 1 heterocycles. The number of carbonyl (C=O) groups excluding carboxylic acids is 1. The van der Waals surface area contributed by atoms with E-state index in [-0.39, 0.29) is 17.4 Å². The van der Waals surface area contributed by atoms with Gasteiger partial charge in [-0.1, -0.05) is 35.5 Å². The molecule has 1 aliphatic carbocycles. The number of aryl methyl sites for hydroxylation is 2. The number of anilines is 1. The van der Waals surface area contributed by atoms with E-state index in [9.17, 15) is 9.90 Å². The van der Waals surface area contributed by atoms with E-state index < -0.39 is 0 Å². The van der Waals surface area contributed by atoms with Crippen molar-refractivity contribution in [2.24, 2.45) is 0 Å². The van der Waals surface area contributed by atoms with Gasteiger partial charge in [0.05, 0.1) is 5.69 Å². The van der Waals surface area contributed by atoms with Crippen molar-refractivity contribution in [3.63, 3.8) is 0 Å². The van der Waals surface area contributed by atoms with E-state index in [0.717, 1.165) is 23.1 Å². The number of hydrogen-bond donors (Lipinski definition) is 2. The van der Waals surface area contributed by atoms with Crippen molar-refractivity contribution in [3.05, 3.63) is 64.8 Å². The van der Waals surface area contributed by atoms with E-state index in [1.165, 1.54) is 5.56 Å². The van der Waals surface area contributed by atoms with Crippen LogP contribution in [-0.2, 0) is 12.8 Å². The van der Waals surface area contributed by atoms with E-state index in [2.05, 4.69) is 16.5 Å². The molecule has 0 saturated carbocycles. The van der Waals surface area contributed by atoms with Gasteiger partial charge in [0.2, 0.25) is 0 Å². The SMILES string of the molecule is Cc1ccc(O)c(NC(=O)c2noc3c2CCc2ccccc2-3)c1. The first-order chi connectivity index (χ1) is 11.6. The summed E-state index contributed by atoms with van der Waals surface area (Å²) in [4.78, 5) is 12.6. The number of fused-ring (bicyclic) bond motifs is 3. The molecule has 2 N–H and O–H groups in total. The molecule has 0 saturated heterocycles. The second-order valence-corrected chi connectivity index (χ2v) is 5.97. The highest BCUT2D eigenvalue weighted by atomic mass is 16.5. The van der Waals surface area contributed by atoms with Crippen LogP contribution in [0.15, 0.2) is 47.0 Å². The van der Waals surface area contributed by atoms with Gasteiger partial charge in [-0.25, -0.2) is 0 Å². The average molecular weight is 320 g/mol. The zero-order chi connectivity index (χ0) is 16.7. The van der Waals surface area contributed by atoms with Crippen molar-refractivity contribution < 1.29 is 14.4 Å². The zero-order valence-electron chi connectivity index (χ0n) is 13.2. The Labute approximate surface area is 138 Å². The van der Waals surface area contributed by atoms with Crippen LogP contribution in [0.1, 0.15) is 27.2 Å². The van der Waals surface area contributed by atoms with Crippen LogP contribution in [0.5, 0.6) is 5.75 Å². The molecule has 2 aromatic carbocycles. The first kappa shape index (κ1) is 14.5. The highest BCUT2D eigenvalue weighted by molar-refractivity contribution is 6.05. The van der Waals surface area contributed by atoms with Gasteiger partial charge < -0.3 is 14.9 Å². The Balaban J connectivity index is 1.68. The summed E-state index contributed by atoms with van der Waals surface area (Å²) >= 11 is 0. The number of hydrogen-bond acceptors (Lipinski definition) is 4. The lowest BCUT2D eigenvalue weighted by Crippen LogP contribution is -2.16. The fourth-order valence-corrected chi connectivity index (χ4v) is 3.08. The highest BCUT2D eigenvalue weighted by Crippen LogP contribution is 2.35. The average Bonchev–Trinajstić information content (AvgIpc) is 3.03. The molecule has 5 nitrogen and oxygen atoms in total. The van der Waals surface area contributed by atoms with Gasteiger partial charge in [-0.2, -0.15) is 0 Å². The topological polar surface area (TPSA) is 75.4 Å². The monoisotopic (exact) mass is 320 g/mol. The Kier molecular flexibility index (Phi) is 3.34. The van der Waals surface area contributed by atoms with Crippen molar-refractivity contribution >= 4 is 11.6 Å². The van der Waals surface area contributed by atoms with Crippen LogP contribution in [0.4, 0.5) is 5.69 Å². The van der Waals surface area contributed by atoms with Crippen LogP contribution in [0.3, 0.4) is 0 Å². The molecule has 0 fully saturated rings. The fraction of sp³-hybridized carbons (Fsp3) is 0.158. The van der Waals surface area contributed by atoms with E-state index in [1.807, 2.05) is 25.1 Å². The molecular weight excluding hydrogens is 304 g/mol. The minimum absolute atomic E-state index is 0.0247. The third kappa shape index (κ3) is 2.34. The number of amides is 1. The molecule has 4 rings (SSSR count). The lowest BCUT2D eigenvalue weighted by atomic mass is 9.89. The number of aromatic nitrogens is 1. The number of phenols is 1. The molecule has 0 radical (unpaired) electrons. The zero-order valence-corrected chi connectivity index (χ0v) is 13.2. The van der Waals surface area contributed by atoms with Crippen LogP contribution in [0.2, 0.25) is 0 Å². The maximum atomic E-state index is 12.6. The number of aromatic hydroxyl groups is 1. The minimum Gasteiger partial charge on any atom is -0.506 e. The first-order valence-electron chi connectivity index (χ1n) is 7.81. The minimum atomic E-state index is -0.375. The van der Waals surface area contributed by atoms with E-state index in [0.29, 0.717) is 17.9 Å². The predicted molar refractivity (Wildman–Crippen MR) is 90.1 cm³/mol. The number of nitrogens with zero attached hydrogens (tertiary/aromatic N) is 1. The van der Waals surface area contributed by atoms with Crippen LogP contribution in [-0.4, -0.2) is 16.2 Å². The summed E-state index contributed by atoms with van der Waals surface area (Å²) < 4.78 is 5.45. The quantitative estimate of drug-likeness (QED) is 0.706. The third-order valence-electron chi connectivity index (χ3n) is 4.31. The Bertz CT molecular complexity index is 944. The molecular formula is C19H16N2O3. The Morgan fingerprint density at radius 2 is 2.04 bits per heavy atom. The summed E-state index contributed by atoms with van der Waals surface area (Å²) in [5, 5.41) is 16.6. The smallest absolute Gasteiger partial charge is 0.278 e. The predicted octanol–water partition coefficient (Wildman–Crippen LogP) is 3.71. The Morgan fingerprint density at radius 3 is 2.92 bits per heavy atom. The van der Waals surface area contributed by atoms with Crippen molar-refractivity contribution in [2.45, 2.75) is 19.8 Å². The highest BCUT2D eigenvalue weighted by Gasteiger charge is 2.27. The summed E-state index contributed by atoms with van der Waals surface area (Å²) in [5.41, 5.74) is 4.60. The number of phenolic OH excluding ortho intramolecular Hbond substituents is 1. The normalized spacial score (nSPS) is 12.4. The van der Waals surface area contributed by atoms with Crippen molar-refractivity contribution in [2.75, 3.05) is 5.32 Å². The molecule has 24 heavy (non-hydrogen) atoms. The van der Waals surface area contributed by atoms with Gasteiger partial charge in [-0.05, 0) is 43.0 Å². The summed E-state index contributed by atoms with van der Waals surface area (Å²) in [6.07, 6.45) is 1.55. The molecule has 5 heteroatoms. The second-order valence-electron chi connectivity index (χ2n) is 5.97. The standard InChI is InChI=1S/C19H16N2O3/c1-11-6-9-16(22)15(10-11)20-19(23)17-14-8-7-12-4-2-3-5-13(12)18(14)24-21-17/h2-6,9-10,22H,7-8H2,1H3,(H,20,23). The molecule has 1 aliphatic rings. The number of nitrogens with one attached hydrogen (secondary N) is 1. The molecule has 0 unspecified atom stereocenters. The molecule has 3 aromatic rings. The van der Waals surface area contributed by atoms with Crippen molar-refractivity contribution in [3.8, 4) is 17.1 Å². The molecule has 1 aromatic heterocycles. The third-order valence-corrected chi connectivity index (χ3v) is 4.31. The van der Waals surface area contributed by atoms with Gasteiger partial charge in [0.15, 0.2) is 11.5 Å². The van der Waals surface area contributed by atoms with Gasteiger partial charge >= 0.3 is 0 Å². The second kappa shape index (κ2) is 5.53. The largest absolute Gasteiger partial charge is 0.506 e. The summed E-state index contributed by atoms with van der Waals surface area (Å²) in [5.74, 6) is 0.312. The van der Waals surface area contributed by atoms with Gasteiger partial charge in [0, 0.05) is 11.1 Å². The van der Waals surface area contributed by atoms with E-state index >= 15 is 0 Å². The Hall–Kier alpha value is -3.08. The summed E-state index contributed by atoms with van der Waals surface area (Å²) in [6.45, 7) is 1.89. The lowest BCUT2D eigenvalue weighted by Gasteiger charge is -2.14. The van der Waals surface area contributed by atoms with Crippen LogP contribution in [0.25, 0.3) is 11.3 Å². The maximum Gasteiger partial charge on any atom is 0.278 e. The van der Waals surface area contributed by atoms with E-state index in [4.69, 9.17) is 4.52 Å². The van der Waals surface area contributed by atoms with Crippen LogP contribution in [0, 0.1) is 6.92 Å². The van der Waals surface area contributed by atoms with Crippen LogP contribution >= 0.6 is 0 Å². The van der Waals surface area contributed by atoms with Crippen molar-refractivity contribution in [1.29, 1.82) is 0 Å². The molecule has 1 amide bonds. The first-order valence-corrected chi connectivity index (χ1v) is 7.81. The molecule has 0 spiro atoms. The maximum absolute atomic E-state index is 12.6. The van der Waals surface area contributed by atoms with Gasteiger partial charge in [-0.15, -0.1) is 0 Å². The molecule has 120 valence electrons. The number of carbonyl (C=O) groups is 1. The fourth-order valence-electron chi connectivity index (χ4n) is 3.08. The molecule has 0 bridgehead atoms. The molecule has 0 atom stereocenters. The van der Waals surface area contributed by atoms with Gasteiger partial charge in [0.25, 0.3) is 5.91 Å². The van der Waals surface area contributed by atoms with Gasteiger partial charge in [-0.3, -0.25) is 4.79 Å². The Morgan fingerprint density at radius 1 is 1.21 bits per heavy atom. The summed E-state index contributed by atoms with van der Waals surface area (Å²) in [7, 11) is 0. The number of benzene rings is 2.